The number of thioether (sulfide) groups is 1. The Balaban J connectivity index is 0.00000156. The Morgan fingerprint density at radius 2 is 2.00 bits per heavy atom. The molecule has 23 heavy (non-hydrogen) atoms. The summed E-state index contributed by atoms with van der Waals surface area (Å²) in [6.45, 7) is 4.73. The van der Waals surface area contributed by atoms with E-state index >= 15 is 0 Å². The van der Waals surface area contributed by atoms with Crippen molar-refractivity contribution in [3.63, 3.8) is 0 Å². The molecule has 0 spiro atoms. The lowest BCUT2D eigenvalue weighted by molar-refractivity contribution is 0.0410. The molecule has 1 aliphatic rings. The number of aromatic amines is 1. The molecule has 0 unspecified atom stereocenters. The first-order valence-electron chi connectivity index (χ1n) is 7.44. The number of ether oxygens (including phenoxy) is 1. The van der Waals surface area contributed by atoms with Gasteiger partial charge in [0.25, 0.3) is 0 Å². The van der Waals surface area contributed by atoms with Crippen LogP contribution in [0.1, 0.15) is 0 Å². The molecule has 3 heterocycles. The Labute approximate surface area is 137 Å². The second-order valence-corrected chi connectivity index (χ2v) is 6.33. The van der Waals surface area contributed by atoms with Crippen LogP contribution in [0.15, 0.2) is 29.4 Å². The summed E-state index contributed by atoms with van der Waals surface area (Å²) in [5.41, 5.74) is 2.70. The Hall–Kier alpha value is -1.74. The molecule has 2 aromatic heterocycles. The van der Waals surface area contributed by atoms with Crippen molar-refractivity contribution >= 4 is 33.8 Å². The molecule has 3 N–H and O–H groups in total. The van der Waals surface area contributed by atoms with E-state index in [1.807, 2.05) is 24.3 Å². The standard InChI is InChI=1S/C15H17N5OS.H2O/c1-2-4-12-11(3-1)13-14(16-12)17-15(19-18-13)22-10-7-20-5-8-21-9-6-20;/h1-4H,5-10H2,(H,16,17,19);1H2. The van der Waals surface area contributed by atoms with Gasteiger partial charge in [0.15, 0.2) is 5.65 Å². The van der Waals surface area contributed by atoms with Crippen LogP contribution in [0, 0.1) is 0 Å². The van der Waals surface area contributed by atoms with Crippen molar-refractivity contribution in [2.75, 3.05) is 38.6 Å². The third-order valence-corrected chi connectivity index (χ3v) is 4.66. The molecule has 122 valence electrons. The SMILES string of the molecule is O.c1ccc2c(c1)[nH]c1nc(SCCN3CCOCC3)nnc12. The molecule has 0 amide bonds. The molecule has 7 nitrogen and oxygen atoms in total. The van der Waals surface area contributed by atoms with Gasteiger partial charge in [-0.15, -0.1) is 10.2 Å². The number of nitrogens with zero attached hydrogens (tertiary/aromatic N) is 4. The average Bonchev–Trinajstić information content (AvgIpc) is 2.93. The molecule has 0 atom stereocenters. The smallest absolute Gasteiger partial charge is 0.211 e. The number of fused-ring (bicyclic) bond motifs is 3. The number of hydrogen-bond donors (Lipinski definition) is 1. The molecule has 0 bridgehead atoms. The van der Waals surface area contributed by atoms with Crippen molar-refractivity contribution in [3.8, 4) is 0 Å². The summed E-state index contributed by atoms with van der Waals surface area (Å²) in [4.78, 5) is 10.3. The number of aromatic nitrogens is 4. The van der Waals surface area contributed by atoms with E-state index in [9.17, 15) is 0 Å². The predicted octanol–water partition coefficient (Wildman–Crippen LogP) is 1.11. The zero-order valence-electron chi connectivity index (χ0n) is 12.7. The number of para-hydroxylation sites is 1. The zero-order chi connectivity index (χ0) is 14.8. The Morgan fingerprint density at radius 3 is 2.87 bits per heavy atom. The van der Waals surface area contributed by atoms with E-state index in [1.54, 1.807) is 11.8 Å². The van der Waals surface area contributed by atoms with Crippen molar-refractivity contribution in [2.24, 2.45) is 0 Å². The lowest BCUT2D eigenvalue weighted by atomic mass is 10.2. The van der Waals surface area contributed by atoms with Crippen LogP contribution >= 0.6 is 11.8 Å². The first-order valence-corrected chi connectivity index (χ1v) is 8.43. The summed E-state index contributed by atoms with van der Waals surface area (Å²) in [6.07, 6.45) is 0. The number of hydrogen-bond acceptors (Lipinski definition) is 6. The molecule has 4 rings (SSSR count). The van der Waals surface area contributed by atoms with E-state index < -0.39 is 0 Å². The molecule has 8 heteroatoms. The molecule has 1 aliphatic heterocycles. The van der Waals surface area contributed by atoms with Crippen molar-refractivity contribution in [1.82, 2.24) is 25.1 Å². The van der Waals surface area contributed by atoms with Crippen LogP contribution in [-0.2, 0) is 4.74 Å². The second-order valence-electron chi connectivity index (χ2n) is 5.26. The van der Waals surface area contributed by atoms with Gasteiger partial charge in [0.05, 0.1) is 13.2 Å². The summed E-state index contributed by atoms with van der Waals surface area (Å²) >= 11 is 1.65. The maximum atomic E-state index is 5.35. The number of H-pyrrole nitrogens is 1. The molecule has 0 saturated carbocycles. The lowest BCUT2D eigenvalue weighted by Gasteiger charge is -2.26. The average molecular weight is 333 g/mol. The summed E-state index contributed by atoms with van der Waals surface area (Å²) in [7, 11) is 0. The highest BCUT2D eigenvalue weighted by Gasteiger charge is 2.11. The number of nitrogens with one attached hydrogen (secondary N) is 1. The van der Waals surface area contributed by atoms with Gasteiger partial charge >= 0.3 is 0 Å². The molecule has 0 radical (unpaired) electrons. The highest BCUT2D eigenvalue weighted by Crippen LogP contribution is 2.23. The minimum Gasteiger partial charge on any atom is -0.412 e. The van der Waals surface area contributed by atoms with Crippen molar-refractivity contribution in [1.29, 1.82) is 0 Å². The summed E-state index contributed by atoms with van der Waals surface area (Å²) in [6, 6.07) is 8.07. The largest absolute Gasteiger partial charge is 0.412 e. The molecule has 3 aromatic rings. The molecular formula is C15H19N5O2S. The summed E-state index contributed by atoms with van der Waals surface area (Å²) in [5.74, 6) is 0.966. The monoisotopic (exact) mass is 333 g/mol. The van der Waals surface area contributed by atoms with E-state index in [-0.39, 0.29) is 5.48 Å². The topological polar surface area (TPSA) is 98.4 Å². The van der Waals surface area contributed by atoms with Gasteiger partial charge in [-0.2, -0.15) is 0 Å². The van der Waals surface area contributed by atoms with Gasteiger partial charge in [0.2, 0.25) is 5.16 Å². The maximum Gasteiger partial charge on any atom is 0.211 e. The minimum absolute atomic E-state index is 0. The van der Waals surface area contributed by atoms with Crippen LogP contribution in [0.2, 0.25) is 0 Å². The van der Waals surface area contributed by atoms with Gasteiger partial charge in [-0.3, -0.25) is 4.90 Å². The quantitative estimate of drug-likeness (QED) is 0.718. The van der Waals surface area contributed by atoms with E-state index in [0.29, 0.717) is 0 Å². The third-order valence-electron chi connectivity index (χ3n) is 3.84. The fraction of sp³-hybridized carbons (Fsp3) is 0.400. The second kappa shape index (κ2) is 7.22. The fourth-order valence-electron chi connectivity index (χ4n) is 2.66. The summed E-state index contributed by atoms with van der Waals surface area (Å²) < 4.78 is 5.35. The van der Waals surface area contributed by atoms with E-state index in [4.69, 9.17) is 4.74 Å². The van der Waals surface area contributed by atoms with E-state index in [0.717, 1.165) is 65.8 Å². The molecule has 1 aromatic carbocycles. The molecule has 1 saturated heterocycles. The minimum atomic E-state index is 0. The number of morpholine rings is 1. The van der Waals surface area contributed by atoms with Gasteiger partial charge < -0.3 is 15.2 Å². The van der Waals surface area contributed by atoms with Gasteiger partial charge in [-0.1, -0.05) is 30.0 Å². The van der Waals surface area contributed by atoms with Gasteiger partial charge in [0.1, 0.15) is 5.52 Å². The number of benzene rings is 1. The van der Waals surface area contributed by atoms with Crippen LogP contribution in [0.25, 0.3) is 22.1 Å². The first-order chi connectivity index (χ1) is 10.9. The van der Waals surface area contributed by atoms with E-state index in [2.05, 4.69) is 25.1 Å². The van der Waals surface area contributed by atoms with Crippen LogP contribution < -0.4 is 0 Å². The van der Waals surface area contributed by atoms with Crippen molar-refractivity contribution in [3.05, 3.63) is 24.3 Å². The third kappa shape index (κ3) is 3.45. The maximum absolute atomic E-state index is 5.35. The Bertz CT molecular complexity index is 788. The molecular weight excluding hydrogens is 314 g/mol. The Kier molecular flexibility index (Phi) is 5.06. The van der Waals surface area contributed by atoms with Crippen molar-refractivity contribution in [2.45, 2.75) is 5.16 Å². The predicted molar refractivity (Wildman–Crippen MR) is 90.8 cm³/mol. The Morgan fingerprint density at radius 1 is 1.17 bits per heavy atom. The van der Waals surface area contributed by atoms with E-state index in [1.165, 1.54) is 0 Å². The lowest BCUT2D eigenvalue weighted by Crippen LogP contribution is -2.37. The first kappa shape index (κ1) is 16.1. The van der Waals surface area contributed by atoms with Crippen LogP contribution in [0.4, 0.5) is 0 Å². The highest BCUT2D eigenvalue weighted by molar-refractivity contribution is 7.99. The van der Waals surface area contributed by atoms with Gasteiger partial charge in [-0.25, -0.2) is 4.98 Å². The highest BCUT2D eigenvalue weighted by atomic mass is 32.2. The fourth-order valence-corrected chi connectivity index (χ4v) is 3.44. The zero-order valence-corrected chi connectivity index (χ0v) is 13.5. The van der Waals surface area contributed by atoms with Gasteiger partial charge in [-0.05, 0) is 6.07 Å². The van der Waals surface area contributed by atoms with Crippen LogP contribution in [-0.4, -0.2) is 69.1 Å². The van der Waals surface area contributed by atoms with Crippen LogP contribution in [0.3, 0.4) is 0 Å². The molecule has 1 fully saturated rings. The molecule has 0 aliphatic carbocycles. The van der Waals surface area contributed by atoms with Gasteiger partial charge in [0, 0.05) is 36.3 Å². The van der Waals surface area contributed by atoms with Crippen molar-refractivity contribution < 1.29 is 10.2 Å². The summed E-state index contributed by atoms with van der Waals surface area (Å²) in [5, 5.41) is 10.4. The van der Waals surface area contributed by atoms with Crippen LogP contribution in [0.5, 0.6) is 0 Å². The number of rotatable bonds is 4. The normalized spacial score (nSPS) is 15.8.